The highest BCUT2D eigenvalue weighted by molar-refractivity contribution is 5.28. The first-order valence-electron chi connectivity index (χ1n) is 10.0. The minimum absolute atomic E-state index is 0.171. The first kappa shape index (κ1) is 20.3. The molecule has 23 heavy (non-hydrogen) atoms. The molecule has 1 atom stereocenters. The van der Waals surface area contributed by atoms with Crippen molar-refractivity contribution >= 4 is 0 Å². The fourth-order valence-electron chi connectivity index (χ4n) is 3.34. The molecule has 1 rings (SSSR count). The van der Waals surface area contributed by atoms with Crippen molar-refractivity contribution in [3.8, 4) is 0 Å². The van der Waals surface area contributed by atoms with Gasteiger partial charge in [-0.1, -0.05) is 70.8 Å². The second-order valence-corrected chi connectivity index (χ2v) is 7.44. The molecule has 2 heteroatoms. The van der Waals surface area contributed by atoms with E-state index in [0.717, 1.165) is 13.0 Å². The number of unbranched alkanes of at least 4 members (excludes halogenated alkanes) is 9. The molecule has 134 valence electrons. The van der Waals surface area contributed by atoms with Gasteiger partial charge in [-0.05, 0) is 38.8 Å². The molecular formula is C21H40N2. The summed E-state index contributed by atoms with van der Waals surface area (Å²) in [5.41, 5.74) is 7.41. The molecule has 2 N–H and O–H groups in total. The van der Waals surface area contributed by atoms with Crippen LogP contribution >= 0.6 is 0 Å². The quantitative estimate of drug-likeness (QED) is 0.435. The summed E-state index contributed by atoms with van der Waals surface area (Å²) in [6.07, 6.45) is 21.6. The molecular weight excluding hydrogens is 280 g/mol. The van der Waals surface area contributed by atoms with Crippen LogP contribution in [0.5, 0.6) is 0 Å². The largest absolute Gasteiger partial charge is 0.372 e. The first-order valence-corrected chi connectivity index (χ1v) is 10.0. The smallest absolute Gasteiger partial charge is 0.0368 e. The highest BCUT2D eigenvalue weighted by Crippen LogP contribution is 2.21. The third-order valence-corrected chi connectivity index (χ3v) is 4.85. The van der Waals surface area contributed by atoms with Crippen LogP contribution in [0.25, 0.3) is 0 Å². The Hall–Kier alpha value is -0.760. The molecule has 0 amide bonds. The van der Waals surface area contributed by atoms with Gasteiger partial charge < -0.3 is 10.6 Å². The van der Waals surface area contributed by atoms with Crippen LogP contribution in [-0.2, 0) is 0 Å². The third kappa shape index (κ3) is 9.20. The molecule has 0 heterocycles. The van der Waals surface area contributed by atoms with E-state index in [1.807, 2.05) is 0 Å². The van der Waals surface area contributed by atoms with Crippen molar-refractivity contribution in [3.05, 3.63) is 23.9 Å². The highest BCUT2D eigenvalue weighted by Gasteiger charge is 2.19. The number of hydrogen-bond donors (Lipinski definition) is 1. The number of hydrogen-bond acceptors (Lipinski definition) is 2. The number of nitrogens with zero attached hydrogens (tertiary/aromatic N) is 1. The fourth-order valence-corrected chi connectivity index (χ4v) is 3.34. The lowest BCUT2D eigenvalue weighted by molar-refractivity contribution is 0.351. The van der Waals surface area contributed by atoms with Gasteiger partial charge in [0.15, 0.2) is 0 Å². The normalized spacial score (nSPS) is 20.6. The molecule has 0 spiro atoms. The zero-order valence-corrected chi connectivity index (χ0v) is 15.9. The molecule has 0 aromatic heterocycles. The Balaban J connectivity index is 2.09. The van der Waals surface area contributed by atoms with Gasteiger partial charge in [-0.3, -0.25) is 0 Å². The number of likely N-dealkylation sites (N-methyl/N-ethyl adjacent to an activating group) is 1. The molecule has 1 aliphatic carbocycles. The molecule has 0 fully saturated rings. The maximum Gasteiger partial charge on any atom is 0.0368 e. The molecule has 1 aliphatic rings. The van der Waals surface area contributed by atoms with Gasteiger partial charge in [0.1, 0.15) is 0 Å². The molecule has 0 saturated heterocycles. The summed E-state index contributed by atoms with van der Waals surface area (Å²) in [6, 6.07) is 0. The van der Waals surface area contributed by atoms with Gasteiger partial charge in [0.05, 0.1) is 0 Å². The Labute approximate surface area is 145 Å². The van der Waals surface area contributed by atoms with E-state index in [2.05, 4.69) is 43.9 Å². The maximum atomic E-state index is 6.26. The van der Waals surface area contributed by atoms with Crippen molar-refractivity contribution in [1.82, 2.24) is 4.90 Å². The van der Waals surface area contributed by atoms with E-state index in [1.165, 1.54) is 76.5 Å². The summed E-state index contributed by atoms with van der Waals surface area (Å²) in [6.45, 7) is 8.88. The Morgan fingerprint density at radius 2 is 1.52 bits per heavy atom. The van der Waals surface area contributed by atoms with E-state index in [1.54, 1.807) is 0 Å². The Kier molecular flexibility index (Phi) is 10.3. The van der Waals surface area contributed by atoms with Gasteiger partial charge in [-0.2, -0.15) is 0 Å². The highest BCUT2D eigenvalue weighted by atomic mass is 15.1. The SMILES string of the molecule is CCCCCCCCCCCCN(CC)C1=CC(C)(N)CC=C1. The minimum atomic E-state index is -0.171. The number of allylic oxidation sites excluding steroid dienone is 1. The second kappa shape index (κ2) is 11.7. The van der Waals surface area contributed by atoms with Gasteiger partial charge in [0.25, 0.3) is 0 Å². The Morgan fingerprint density at radius 1 is 0.957 bits per heavy atom. The summed E-state index contributed by atoms with van der Waals surface area (Å²) in [4.78, 5) is 2.48. The summed E-state index contributed by atoms with van der Waals surface area (Å²) in [5.74, 6) is 0. The van der Waals surface area contributed by atoms with Crippen molar-refractivity contribution < 1.29 is 0 Å². The summed E-state index contributed by atoms with van der Waals surface area (Å²) < 4.78 is 0. The molecule has 0 aromatic carbocycles. The van der Waals surface area contributed by atoms with Crippen LogP contribution in [0.3, 0.4) is 0 Å². The third-order valence-electron chi connectivity index (χ3n) is 4.85. The Morgan fingerprint density at radius 3 is 2.04 bits per heavy atom. The minimum Gasteiger partial charge on any atom is -0.372 e. The summed E-state index contributed by atoms with van der Waals surface area (Å²) in [5, 5.41) is 0. The lowest BCUT2D eigenvalue weighted by Crippen LogP contribution is -2.37. The van der Waals surface area contributed by atoms with E-state index in [0.29, 0.717) is 0 Å². The molecule has 0 bridgehead atoms. The lowest BCUT2D eigenvalue weighted by atomic mass is 9.93. The zero-order valence-electron chi connectivity index (χ0n) is 15.9. The van der Waals surface area contributed by atoms with Gasteiger partial charge >= 0.3 is 0 Å². The Bertz CT molecular complexity index is 355. The van der Waals surface area contributed by atoms with Crippen LogP contribution in [0.2, 0.25) is 0 Å². The van der Waals surface area contributed by atoms with Crippen LogP contribution in [0.15, 0.2) is 23.9 Å². The predicted molar refractivity (Wildman–Crippen MR) is 104 cm³/mol. The number of rotatable bonds is 13. The monoisotopic (exact) mass is 320 g/mol. The first-order chi connectivity index (χ1) is 11.1. The molecule has 1 unspecified atom stereocenters. The van der Waals surface area contributed by atoms with E-state index in [9.17, 15) is 0 Å². The predicted octanol–water partition coefficient (Wildman–Crippen LogP) is 5.79. The van der Waals surface area contributed by atoms with Crippen LogP contribution in [0, 0.1) is 0 Å². The van der Waals surface area contributed by atoms with E-state index >= 15 is 0 Å². The maximum absolute atomic E-state index is 6.26. The molecule has 2 nitrogen and oxygen atoms in total. The van der Waals surface area contributed by atoms with Gasteiger partial charge in [0.2, 0.25) is 0 Å². The van der Waals surface area contributed by atoms with Crippen LogP contribution in [0.4, 0.5) is 0 Å². The average molecular weight is 321 g/mol. The number of nitrogens with two attached hydrogens (primary N) is 1. The van der Waals surface area contributed by atoms with Crippen molar-refractivity contribution in [3.63, 3.8) is 0 Å². The van der Waals surface area contributed by atoms with Gasteiger partial charge in [-0.25, -0.2) is 0 Å². The second-order valence-electron chi connectivity index (χ2n) is 7.44. The molecule has 0 aliphatic heterocycles. The standard InChI is InChI=1S/C21H40N2/c1-4-6-7-8-9-10-11-12-13-14-18-23(5-2)20-16-15-17-21(3,22)19-20/h15-16,19H,4-14,17-18,22H2,1-3H3. The average Bonchev–Trinajstić information content (AvgIpc) is 2.52. The van der Waals surface area contributed by atoms with Crippen LogP contribution in [0.1, 0.15) is 91.4 Å². The summed E-state index contributed by atoms with van der Waals surface area (Å²) >= 11 is 0. The molecule has 0 radical (unpaired) electrons. The topological polar surface area (TPSA) is 29.3 Å². The molecule has 0 aromatic rings. The zero-order chi connectivity index (χ0) is 17.0. The van der Waals surface area contributed by atoms with E-state index in [4.69, 9.17) is 5.73 Å². The van der Waals surface area contributed by atoms with Crippen LogP contribution < -0.4 is 5.73 Å². The van der Waals surface area contributed by atoms with Crippen molar-refractivity contribution in [2.24, 2.45) is 5.73 Å². The summed E-state index contributed by atoms with van der Waals surface area (Å²) in [7, 11) is 0. The van der Waals surface area contributed by atoms with Gasteiger partial charge in [0, 0.05) is 24.3 Å². The van der Waals surface area contributed by atoms with Crippen molar-refractivity contribution in [2.45, 2.75) is 96.9 Å². The van der Waals surface area contributed by atoms with Crippen molar-refractivity contribution in [1.29, 1.82) is 0 Å². The fraction of sp³-hybridized carbons (Fsp3) is 0.810. The van der Waals surface area contributed by atoms with E-state index < -0.39 is 0 Å². The molecule has 0 saturated carbocycles. The van der Waals surface area contributed by atoms with Crippen LogP contribution in [-0.4, -0.2) is 23.5 Å². The van der Waals surface area contributed by atoms with Crippen molar-refractivity contribution in [2.75, 3.05) is 13.1 Å². The lowest BCUT2D eigenvalue weighted by Gasteiger charge is -2.31. The van der Waals surface area contributed by atoms with Gasteiger partial charge in [-0.15, -0.1) is 0 Å². The van der Waals surface area contributed by atoms with E-state index in [-0.39, 0.29) is 5.54 Å².